The van der Waals surface area contributed by atoms with Gasteiger partial charge in [-0.15, -0.1) is 0 Å². The van der Waals surface area contributed by atoms with Crippen LogP contribution in [0, 0.1) is 10.1 Å². The molecule has 1 fully saturated rings. The van der Waals surface area contributed by atoms with E-state index in [1.165, 1.54) is 12.1 Å². The number of amides is 1. The average Bonchev–Trinajstić information content (AvgIpc) is 2.64. The Bertz CT molecular complexity index is 743. The van der Waals surface area contributed by atoms with Gasteiger partial charge in [-0.3, -0.25) is 14.9 Å². The highest BCUT2D eigenvalue weighted by atomic mass is 16.6. The SMILES string of the molecule is O=C(NC1CCC(Oc2ccccn2)CC1)c1ccccc1[N+](=O)[O-]. The topological polar surface area (TPSA) is 94.4 Å². The van der Waals surface area contributed by atoms with Crippen LogP contribution >= 0.6 is 0 Å². The normalized spacial score (nSPS) is 19.8. The summed E-state index contributed by atoms with van der Waals surface area (Å²) in [6.45, 7) is 0. The lowest BCUT2D eigenvalue weighted by molar-refractivity contribution is -0.385. The van der Waals surface area contributed by atoms with E-state index < -0.39 is 10.8 Å². The summed E-state index contributed by atoms with van der Waals surface area (Å²) in [4.78, 5) is 27.0. The zero-order valence-corrected chi connectivity index (χ0v) is 13.6. The predicted octanol–water partition coefficient (Wildman–Crippen LogP) is 3.11. The summed E-state index contributed by atoms with van der Waals surface area (Å²) in [5, 5.41) is 13.9. The van der Waals surface area contributed by atoms with Crippen LogP contribution in [0.5, 0.6) is 5.88 Å². The van der Waals surface area contributed by atoms with Crippen LogP contribution in [0.15, 0.2) is 48.7 Å². The molecule has 0 saturated heterocycles. The molecule has 0 atom stereocenters. The number of carbonyl (C=O) groups is 1. The van der Waals surface area contributed by atoms with Crippen molar-refractivity contribution in [1.82, 2.24) is 10.3 Å². The number of hydrogen-bond donors (Lipinski definition) is 1. The molecule has 1 aromatic heterocycles. The standard InChI is InChI=1S/C18H19N3O4/c22-18(15-5-1-2-6-16(15)21(23)24)20-13-8-10-14(11-9-13)25-17-7-3-4-12-19-17/h1-7,12-14H,8-11H2,(H,20,22). The van der Waals surface area contributed by atoms with Crippen LogP contribution in [0.25, 0.3) is 0 Å². The van der Waals surface area contributed by atoms with Crippen molar-refractivity contribution in [3.63, 3.8) is 0 Å². The van der Waals surface area contributed by atoms with Gasteiger partial charge < -0.3 is 10.1 Å². The molecular formula is C18H19N3O4. The third-order valence-corrected chi connectivity index (χ3v) is 4.28. The van der Waals surface area contributed by atoms with Gasteiger partial charge in [0.1, 0.15) is 11.7 Å². The molecular weight excluding hydrogens is 322 g/mol. The number of aromatic nitrogens is 1. The van der Waals surface area contributed by atoms with Gasteiger partial charge in [0.15, 0.2) is 0 Å². The van der Waals surface area contributed by atoms with Gasteiger partial charge in [0.2, 0.25) is 5.88 Å². The molecule has 25 heavy (non-hydrogen) atoms. The summed E-state index contributed by atoms with van der Waals surface area (Å²) < 4.78 is 5.83. The van der Waals surface area contributed by atoms with Gasteiger partial charge in [-0.05, 0) is 37.8 Å². The Morgan fingerprint density at radius 1 is 1.12 bits per heavy atom. The maximum Gasteiger partial charge on any atom is 0.282 e. The number of nitrogens with one attached hydrogen (secondary N) is 1. The number of carbonyl (C=O) groups excluding carboxylic acids is 1. The molecule has 1 saturated carbocycles. The molecule has 1 N–H and O–H groups in total. The van der Waals surface area contributed by atoms with Crippen molar-refractivity contribution in [3.05, 3.63) is 64.3 Å². The molecule has 0 aliphatic heterocycles. The summed E-state index contributed by atoms with van der Waals surface area (Å²) >= 11 is 0. The first-order chi connectivity index (χ1) is 12.1. The number of hydrogen-bond acceptors (Lipinski definition) is 5. The van der Waals surface area contributed by atoms with Gasteiger partial charge in [-0.2, -0.15) is 0 Å². The molecule has 0 unspecified atom stereocenters. The van der Waals surface area contributed by atoms with Crippen LogP contribution in [0.4, 0.5) is 5.69 Å². The lowest BCUT2D eigenvalue weighted by Gasteiger charge is -2.29. The van der Waals surface area contributed by atoms with E-state index in [9.17, 15) is 14.9 Å². The van der Waals surface area contributed by atoms with Crippen LogP contribution < -0.4 is 10.1 Å². The molecule has 1 amide bonds. The smallest absolute Gasteiger partial charge is 0.282 e. The zero-order valence-electron chi connectivity index (χ0n) is 13.6. The number of nitro benzene ring substituents is 1. The number of ether oxygens (including phenoxy) is 1. The molecule has 1 heterocycles. The Morgan fingerprint density at radius 2 is 1.84 bits per heavy atom. The minimum atomic E-state index is -0.535. The molecule has 3 rings (SSSR count). The van der Waals surface area contributed by atoms with Crippen molar-refractivity contribution in [3.8, 4) is 5.88 Å². The summed E-state index contributed by atoms with van der Waals surface area (Å²) in [6, 6.07) is 11.5. The highest BCUT2D eigenvalue weighted by Crippen LogP contribution is 2.24. The Kier molecular flexibility index (Phi) is 5.23. The maximum atomic E-state index is 12.4. The molecule has 1 aliphatic carbocycles. The van der Waals surface area contributed by atoms with E-state index in [1.807, 2.05) is 18.2 Å². The fourth-order valence-corrected chi connectivity index (χ4v) is 3.00. The van der Waals surface area contributed by atoms with Crippen molar-refractivity contribution in [2.75, 3.05) is 0 Å². The Labute approximate surface area is 145 Å². The largest absolute Gasteiger partial charge is 0.474 e. The van der Waals surface area contributed by atoms with E-state index in [-0.39, 0.29) is 23.4 Å². The van der Waals surface area contributed by atoms with Gasteiger partial charge in [0.25, 0.3) is 11.6 Å². The second-order valence-electron chi connectivity index (χ2n) is 6.01. The fraction of sp³-hybridized carbons (Fsp3) is 0.333. The molecule has 0 bridgehead atoms. The predicted molar refractivity (Wildman–Crippen MR) is 91.5 cm³/mol. The third kappa shape index (κ3) is 4.32. The summed E-state index contributed by atoms with van der Waals surface area (Å²) in [5.74, 6) is 0.205. The van der Waals surface area contributed by atoms with Crippen LogP contribution in [0.1, 0.15) is 36.0 Å². The van der Waals surface area contributed by atoms with E-state index in [0.29, 0.717) is 5.88 Å². The highest BCUT2D eigenvalue weighted by Gasteiger charge is 2.26. The van der Waals surface area contributed by atoms with Gasteiger partial charge >= 0.3 is 0 Å². The second-order valence-corrected chi connectivity index (χ2v) is 6.01. The second kappa shape index (κ2) is 7.74. The first kappa shape index (κ1) is 16.9. The summed E-state index contributed by atoms with van der Waals surface area (Å²) in [5.41, 5.74) is -0.0773. The lowest BCUT2D eigenvalue weighted by Crippen LogP contribution is -2.39. The van der Waals surface area contributed by atoms with Crippen molar-refractivity contribution < 1.29 is 14.5 Å². The number of para-hydroxylation sites is 1. The molecule has 130 valence electrons. The Hall–Kier alpha value is -2.96. The number of nitro groups is 1. The third-order valence-electron chi connectivity index (χ3n) is 4.28. The van der Waals surface area contributed by atoms with E-state index in [1.54, 1.807) is 18.3 Å². The minimum absolute atomic E-state index is 0.00380. The Balaban J connectivity index is 1.54. The van der Waals surface area contributed by atoms with E-state index in [2.05, 4.69) is 10.3 Å². The Morgan fingerprint density at radius 3 is 2.52 bits per heavy atom. The van der Waals surface area contributed by atoms with E-state index >= 15 is 0 Å². The summed E-state index contributed by atoms with van der Waals surface area (Å²) in [6.07, 6.45) is 4.91. The van der Waals surface area contributed by atoms with Gasteiger partial charge in [-0.25, -0.2) is 4.98 Å². The van der Waals surface area contributed by atoms with Gasteiger partial charge in [-0.1, -0.05) is 18.2 Å². The molecule has 0 spiro atoms. The van der Waals surface area contributed by atoms with Crippen LogP contribution in [0.2, 0.25) is 0 Å². The van der Waals surface area contributed by atoms with Crippen LogP contribution in [0.3, 0.4) is 0 Å². The number of nitrogens with zero attached hydrogens (tertiary/aromatic N) is 2. The van der Waals surface area contributed by atoms with Crippen LogP contribution in [-0.4, -0.2) is 28.0 Å². The van der Waals surface area contributed by atoms with Crippen molar-refractivity contribution >= 4 is 11.6 Å². The highest BCUT2D eigenvalue weighted by molar-refractivity contribution is 5.98. The van der Waals surface area contributed by atoms with E-state index in [0.717, 1.165) is 25.7 Å². The molecule has 7 nitrogen and oxygen atoms in total. The molecule has 7 heteroatoms. The number of benzene rings is 1. The first-order valence-electron chi connectivity index (χ1n) is 8.25. The average molecular weight is 341 g/mol. The van der Waals surface area contributed by atoms with E-state index in [4.69, 9.17) is 4.74 Å². The molecule has 2 aromatic rings. The molecule has 1 aromatic carbocycles. The van der Waals surface area contributed by atoms with Crippen molar-refractivity contribution in [1.29, 1.82) is 0 Å². The number of rotatable bonds is 5. The monoisotopic (exact) mass is 341 g/mol. The molecule has 0 radical (unpaired) electrons. The maximum absolute atomic E-state index is 12.4. The fourth-order valence-electron chi connectivity index (χ4n) is 3.00. The quantitative estimate of drug-likeness (QED) is 0.666. The minimum Gasteiger partial charge on any atom is -0.474 e. The first-order valence-corrected chi connectivity index (χ1v) is 8.25. The van der Waals surface area contributed by atoms with Gasteiger partial charge in [0.05, 0.1) is 4.92 Å². The van der Waals surface area contributed by atoms with Gasteiger partial charge in [0, 0.05) is 24.4 Å². The molecule has 1 aliphatic rings. The lowest BCUT2D eigenvalue weighted by atomic mass is 9.92. The van der Waals surface area contributed by atoms with Crippen molar-refractivity contribution in [2.45, 2.75) is 37.8 Å². The van der Waals surface area contributed by atoms with Crippen molar-refractivity contribution in [2.24, 2.45) is 0 Å². The number of pyridine rings is 1. The summed E-state index contributed by atoms with van der Waals surface area (Å²) in [7, 11) is 0. The van der Waals surface area contributed by atoms with Crippen LogP contribution in [-0.2, 0) is 0 Å². The zero-order chi connectivity index (χ0) is 17.6.